The van der Waals surface area contributed by atoms with Gasteiger partial charge in [0, 0.05) is 0 Å². The zero-order chi connectivity index (χ0) is 8.70. The predicted molar refractivity (Wildman–Crippen MR) is 50.6 cm³/mol. The average Bonchev–Trinajstić information content (AvgIpc) is 1.80. The van der Waals surface area contributed by atoms with Crippen LogP contribution in [0.4, 0.5) is 0 Å². The fourth-order valence-corrected chi connectivity index (χ4v) is 2.20. The topological polar surface area (TPSA) is 0 Å². The first-order chi connectivity index (χ1) is 4.85. The van der Waals surface area contributed by atoms with Gasteiger partial charge in [-0.05, 0) is 29.6 Å². The Morgan fingerprint density at radius 1 is 1.00 bits per heavy atom. The molecule has 1 atom stereocenters. The number of rotatable bonds is 0. The van der Waals surface area contributed by atoms with Crippen LogP contribution in [-0.2, 0) is 0 Å². The Balaban J connectivity index is 2.72. The second kappa shape index (κ2) is 2.50. The molecule has 0 bridgehead atoms. The molecule has 0 heteroatoms. The largest absolute Gasteiger partial charge is 0.0625 e. The molecule has 0 aliphatic heterocycles. The molecule has 0 spiro atoms. The van der Waals surface area contributed by atoms with Crippen molar-refractivity contribution in [2.75, 3.05) is 0 Å². The summed E-state index contributed by atoms with van der Waals surface area (Å²) in [5.74, 6) is 0.943. The highest BCUT2D eigenvalue weighted by molar-refractivity contribution is 4.91. The first-order valence-electron chi connectivity index (χ1n) is 4.85. The summed E-state index contributed by atoms with van der Waals surface area (Å²) in [4.78, 5) is 0. The Kier molecular flexibility index (Phi) is 2.07. The molecule has 66 valence electrons. The van der Waals surface area contributed by atoms with Gasteiger partial charge in [0.05, 0.1) is 0 Å². The van der Waals surface area contributed by atoms with Crippen molar-refractivity contribution in [2.45, 2.75) is 53.9 Å². The lowest BCUT2D eigenvalue weighted by Crippen LogP contribution is -2.38. The molecule has 1 fully saturated rings. The third-order valence-corrected chi connectivity index (χ3v) is 3.95. The summed E-state index contributed by atoms with van der Waals surface area (Å²) < 4.78 is 0. The second-order valence-corrected chi connectivity index (χ2v) is 5.62. The molecule has 1 rings (SSSR count). The van der Waals surface area contributed by atoms with Gasteiger partial charge in [-0.1, -0.05) is 41.0 Å². The van der Waals surface area contributed by atoms with Crippen molar-refractivity contribution < 1.29 is 0 Å². The third-order valence-electron chi connectivity index (χ3n) is 3.95. The van der Waals surface area contributed by atoms with Crippen LogP contribution in [0.2, 0.25) is 0 Å². The summed E-state index contributed by atoms with van der Waals surface area (Å²) in [7, 11) is 0. The van der Waals surface area contributed by atoms with E-state index < -0.39 is 0 Å². The lowest BCUT2D eigenvalue weighted by molar-refractivity contribution is 0.0255. The van der Waals surface area contributed by atoms with Crippen molar-refractivity contribution in [3.8, 4) is 0 Å². The van der Waals surface area contributed by atoms with Crippen LogP contribution in [0.3, 0.4) is 0 Å². The fourth-order valence-electron chi connectivity index (χ4n) is 2.20. The number of hydrogen-bond acceptors (Lipinski definition) is 0. The van der Waals surface area contributed by atoms with E-state index in [0.717, 1.165) is 5.92 Å². The van der Waals surface area contributed by atoms with E-state index in [9.17, 15) is 0 Å². The maximum absolute atomic E-state index is 2.42. The highest BCUT2D eigenvalue weighted by atomic mass is 14.5. The van der Waals surface area contributed by atoms with Gasteiger partial charge in [-0.15, -0.1) is 0 Å². The van der Waals surface area contributed by atoms with Crippen LogP contribution in [0.1, 0.15) is 53.9 Å². The molecule has 0 aromatic carbocycles. The zero-order valence-corrected chi connectivity index (χ0v) is 8.70. The van der Waals surface area contributed by atoms with Crippen LogP contribution >= 0.6 is 0 Å². The molecule has 0 amide bonds. The van der Waals surface area contributed by atoms with Crippen LogP contribution in [0.25, 0.3) is 0 Å². The van der Waals surface area contributed by atoms with E-state index in [4.69, 9.17) is 0 Å². The maximum Gasteiger partial charge on any atom is -0.0300 e. The van der Waals surface area contributed by atoms with Gasteiger partial charge in [0.2, 0.25) is 0 Å². The molecule has 0 nitrogen and oxygen atoms in total. The van der Waals surface area contributed by atoms with Crippen molar-refractivity contribution in [1.82, 2.24) is 0 Å². The molecule has 11 heavy (non-hydrogen) atoms. The molecule has 0 saturated heterocycles. The minimum absolute atomic E-state index is 0.546. The second-order valence-electron chi connectivity index (χ2n) is 5.62. The molecule has 1 unspecified atom stereocenters. The SMILES string of the molecule is CC1CCC(C)(C)C(C)(C)C1. The molecular weight excluding hydrogens is 132 g/mol. The minimum atomic E-state index is 0.546. The molecule has 1 aliphatic rings. The van der Waals surface area contributed by atoms with Gasteiger partial charge >= 0.3 is 0 Å². The van der Waals surface area contributed by atoms with Crippen LogP contribution < -0.4 is 0 Å². The van der Waals surface area contributed by atoms with Crippen LogP contribution in [-0.4, -0.2) is 0 Å². The summed E-state index contributed by atoms with van der Waals surface area (Å²) >= 11 is 0. The quantitative estimate of drug-likeness (QED) is 0.497. The van der Waals surface area contributed by atoms with Crippen molar-refractivity contribution in [3.05, 3.63) is 0 Å². The van der Waals surface area contributed by atoms with Crippen molar-refractivity contribution in [1.29, 1.82) is 0 Å². The van der Waals surface area contributed by atoms with Gasteiger partial charge in [-0.2, -0.15) is 0 Å². The summed E-state index contributed by atoms with van der Waals surface area (Å²) in [6.45, 7) is 12.1. The minimum Gasteiger partial charge on any atom is -0.0625 e. The monoisotopic (exact) mass is 154 g/mol. The van der Waals surface area contributed by atoms with Crippen LogP contribution in [0, 0.1) is 16.7 Å². The Morgan fingerprint density at radius 2 is 1.55 bits per heavy atom. The zero-order valence-electron chi connectivity index (χ0n) is 8.70. The molecule has 0 N–H and O–H groups in total. The molecule has 0 aromatic heterocycles. The standard InChI is InChI=1S/C11H22/c1-9-6-7-10(2,3)11(4,5)8-9/h9H,6-8H2,1-5H3. The molecular formula is C11H22. The van der Waals surface area contributed by atoms with Gasteiger partial charge in [-0.25, -0.2) is 0 Å². The maximum atomic E-state index is 2.42. The molecule has 1 saturated carbocycles. The summed E-state index contributed by atoms with van der Waals surface area (Å²) in [6, 6.07) is 0. The van der Waals surface area contributed by atoms with Gasteiger partial charge in [0.25, 0.3) is 0 Å². The van der Waals surface area contributed by atoms with Crippen LogP contribution in [0.5, 0.6) is 0 Å². The first kappa shape index (κ1) is 9.09. The third kappa shape index (κ3) is 1.60. The summed E-state index contributed by atoms with van der Waals surface area (Å²) in [5.41, 5.74) is 1.10. The fraction of sp³-hybridized carbons (Fsp3) is 1.00. The lowest BCUT2D eigenvalue weighted by Gasteiger charge is -2.48. The highest BCUT2D eigenvalue weighted by Gasteiger charge is 2.40. The first-order valence-corrected chi connectivity index (χ1v) is 4.85. The van der Waals surface area contributed by atoms with Crippen LogP contribution in [0.15, 0.2) is 0 Å². The molecule has 0 aromatic rings. The van der Waals surface area contributed by atoms with E-state index in [0.29, 0.717) is 10.8 Å². The van der Waals surface area contributed by atoms with E-state index >= 15 is 0 Å². The van der Waals surface area contributed by atoms with Gasteiger partial charge in [0.1, 0.15) is 0 Å². The van der Waals surface area contributed by atoms with Gasteiger partial charge < -0.3 is 0 Å². The van der Waals surface area contributed by atoms with E-state index in [-0.39, 0.29) is 0 Å². The predicted octanol–water partition coefficient (Wildman–Crippen LogP) is 3.86. The van der Waals surface area contributed by atoms with E-state index in [1.807, 2.05) is 0 Å². The molecule has 0 radical (unpaired) electrons. The van der Waals surface area contributed by atoms with E-state index in [2.05, 4.69) is 34.6 Å². The lowest BCUT2D eigenvalue weighted by atomic mass is 9.57. The summed E-state index contributed by atoms with van der Waals surface area (Å²) in [5, 5.41) is 0. The smallest absolute Gasteiger partial charge is 0.0300 e. The van der Waals surface area contributed by atoms with Gasteiger partial charge in [-0.3, -0.25) is 0 Å². The normalized spacial score (nSPS) is 35.2. The van der Waals surface area contributed by atoms with Crippen molar-refractivity contribution >= 4 is 0 Å². The summed E-state index contributed by atoms with van der Waals surface area (Å²) in [6.07, 6.45) is 4.23. The van der Waals surface area contributed by atoms with E-state index in [1.54, 1.807) is 0 Å². The van der Waals surface area contributed by atoms with Crippen molar-refractivity contribution in [3.63, 3.8) is 0 Å². The Labute approximate surface area is 71.4 Å². The Bertz CT molecular complexity index is 142. The van der Waals surface area contributed by atoms with E-state index in [1.165, 1.54) is 19.3 Å². The average molecular weight is 154 g/mol. The Hall–Kier alpha value is 0. The highest BCUT2D eigenvalue weighted by Crippen LogP contribution is 2.51. The number of hydrogen-bond donors (Lipinski definition) is 0. The molecule has 1 aliphatic carbocycles. The molecule has 0 heterocycles. The van der Waals surface area contributed by atoms with Gasteiger partial charge in [0.15, 0.2) is 0 Å². The Morgan fingerprint density at radius 3 is 1.91 bits per heavy atom. The van der Waals surface area contributed by atoms with Crippen molar-refractivity contribution in [2.24, 2.45) is 16.7 Å².